The number of amides is 2. The Morgan fingerprint density at radius 2 is 1.63 bits per heavy atom. The van der Waals surface area contributed by atoms with Gasteiger partial charge in [0, 0.05) is 11.1 Å². The molecule has 1 fully saturated rings. The van der Waals surface area contributed by atoms with E-state index in [2.05, 4.69) is 4.98 Å². The topological polar surface area (TPSA) is 110 Å². The predicted molar refractivity (Wildman–Crippen MR) is 142 cm³/mol. The summed E-state index contributed by atoms with van der Waals surface area (Å²) in [6.07, 6.45) is -0.266. The smallest absolute Gasteiger partial charge is 0.252 e. The molecule has 3 aromatic carbocycles. The number of hydrogen-bond donors (Lipinski definition) is 0. The molecule has 10 heteroatoms. The normalized spacial score (nSPS) is 16.6. The second-order valence-corrected chi connectivity index (χ2v) is 11.8. The number of benzene rings is 3. The van der Waals surface area contributed by atoms with Gasteiger partial charge in [-0.3, -0.25) is 9.59 Å². The Morgan fingerprint density at radius 1 is 0.974 bits per heavy atom. The number of hydrogen-bond acceptors (Lipinski definition) is 7. The van der Waals surface area contributed by atoms with Crippen LogP contribution < -0.4 is 9.64 Å². The SMILES string of the molecule is COc1ccc(S(=O)(=O)N(C2CC(=O)N(c3ccc(-c4nc5ccccc5o4)cc3)C2=O)C(C)(C)C)cc1. The minimum atomic E-state index is -4.13. The van der Waals surface area contributed by atoms with Crippen molar-refractivity contribution in [1.29, 1.82) is 0 Å². The Morgan fingerprint density at radius 3 is 2.24 bits per heavy atom. The molecule has 1 aliphatic rings. The summed E-state index contributed by atoms with van der Waals surface area (Å²) in [5.74, 6) is -0.157. The summed E-state index contributed by atoms with van der Waals surface area (Å²) in [6, 6.07) is 18.8. The van der Waals surface area contributed by atoms with Crippen LogP contribution in [0.4, 0.5) is 5.69 Å². The number of oxazole rings is 1. The molecule has 5 rings (SSSR count). The summed E-state index contributed by atoms with van der Waals surface area (Å²) < 4.78 is 39.5. The van der Waals surface area contributed by atoms with Crippen molar-refractivity contribution in [2.45, 2.75) is 43.7 Å². The van der Waals surface area contributed by atoms with Crippen LogP contribution in [0.25, 0.3) is 22.6 Å². The van der Waals surface area contributed by atoms with Gasteiger partial charge in [0.05, 0.1) is 24.1 Å². The number of imide groups is 1. The zero-order valence-electron chi connectivity index (χ0n) is 21.4. The predicted octanol–water partition coefficient (Wildman–Crippen LogP) is 4.62. The standard InChI is InChI=1S/C28H27N3O6S/c1-28(2,3)31(38(34,35)21-15-13-20(36-4)14-16-21)23-17-25(32)30(27(23)33)19-11-9-18(10-12-19)26-29-22-7-5-6-8-24(22)37-26/h5-16,23H,17H2,1-4H3. The first-order valence-corrected chi connectivity index (χ1v) is 13.5. The summed E-state index contributed by atoms with van der Waals surface area (Å²) in [7, 11) is -2.64. The summed E-state index contributed by atoms with van der Waals surface area (Å²) in [6.45, 7) is 5.09. The lowest BCUT2D eigenvalue weighted by Crippen LogP contribution is -2.54. The number of methoxy groups -OCH3 is 1. The van der Waals surface area contributed by atoms with E-state index in [1.165, 1.54) is 19.2 Å². The Kier molecular flexibility index (Phi) is 6.32. The van der Waals surface area contributed by atoms with Crippen LogP contribution in [0, 0.1) is 0 Å². The van der Waals surface area contributed by atoms with Crippen LogP contribution in [0.3, 0.4) is 0 Å². The zero-order chi connectivity index (χ0) is 27.2. The van der Waals surface area contributed by atoms with Gasteiger partial charge in [0.25, 0.3) is 5.91 Å². The third-order valence-corrected chi connectivity index (χ3v) is 8.54. The molecule has 9 nitrogen and oxygen atoms in total. The van der Waals surface area contributed by atoms with Gasteiger partial charge in [0.15, 0.2) is 5.58 Å². The highest BCUT2D eigenvalue weighted by Gasteiger charge is 2.50. The number of carbonyl (C=O) groups is 2. The van der Waals surface area contributed by atoms with Crippen molar-refractivity contribution in [3.8, 4) is 17.2 Å². The van der Waals surface area contributed by atoms with E-state index in [9.17, 15) is 18.0 Å². The van der Waals surface area contributed by atoms with E-state index in [0.717, 1.165) is 14.7 Å². The molecule has 0 radical (unpaired) electrons. The largest absolute Gasteiger partial charge is 0.497 e. The van der Waals surface area contributed by atoms with Gasteiger partial charge < -0.3 is 9.15 Å². The average molecular weight is 534 g/mol. The van der Waals surface area contributed by atoms with Crippen LogP contribution in [0.2, 0.25) is 0 Å². The van der Waals surface area contributed by atoms with E-state index < -0.39 is 33.4 Å². The fraction of sp³-hybridized carbons (Fsp3) is 0.250. The monoisotopic (exact) mass is 533 g/mol. The van der Waals surface area contributed by atoms with Gasteiger partial charge in [-0.05, 0) is 81.4 Å². The lowest BCUT2D eigenvalue weighted by molar-refractivity contribution is -0.122. The molecule has 0 N–H and O–H groups in total. The highest BCUT2D eigenvalue weighted by molar-refractivity contribution is 7.89. The maximum absolute atomic E-state index is 13.7. The van der Waals surface area contributed by atoms with Crippen LogP contribution >= 0.6 is 0 Å². The molecule has 1 unspecified atom stereocenters. The Balaban J connectivity index is 1.45. The number of para-hydroxylation sites is 2. The molecule has 1 aliphatic heterocycles. The minimum Gasteiger partial charge on any atom is -0.497 e. The Hall–Kier alpha value is -4.02. The number of rotatable bonds is 6. The van der Waals surface area contributed by atoms with Gasteiger partial charge in [-0.15, -0.1) is 0 Å². The van der Waals surface area contributed by atoms with E-state index >= 15 is 0 Å². The van der Waals surface area contributed by atoms with E-state index in [-0.39, 0.29) is 11.3 Å². The molecule has 0 spiro atoms. The van der Waals surface area contributed by atoms with Crippen molar-refractivity contribution in [2.75, 3.05) is 12.0 Å². The van der Waals surface area contributed by atoms with Crippen LogP contribution in [0.15, 0.2) is 82.1 Å². The Labute approximate surface area is 220 Å². The van der Waals surface area contributed by atoms with Gasteiger partial charge in [-0.2, -0.15) is 4.31 Å². The minimum absolute atomic E-state index is 0.00890. The molecular weight excluding hydrogens is 506 g/mol. The van der Waals surface area contributed by atoms with Gasteiger partial charge in [0.2, 0.25) is 21.8 Å². The lowest BCUT2D eigenvalue weighted by atomic mass is 10.1. The van der Waals surface area contributed by atoms with Crippen molar-refractivity contribution < 1.29 is 27.2 Å². The molecule has 2 heterocycles. The number of anilines is 1. The Bertz CT molecular complexity index is 1590. The van der Waals surface area contributed by atoms with Gasteiger partial charge in [-0.1, -0.05) is 12.1 Å². The highest BCUT2D eigenvalue weighted by Crippen LogP contribution is 2.35. The van der Waals surface area contributed by atoms with Crippen molar-refractivity contribution in [1.82, 2.24) is 9.29 Å². The van der Waals surface area contributed by atoms with Crippen LogP contribution in [0.1, 0.15) is 27.2 Å². The fourth-order valence-corrected chi connectivity index (χ4v) is 6.60. The summed E-state index contributed by atoms with van der Waals surface area (Å²) >= 11 is 0. The van der Waals surface area contributed by atoms with Crippen molar-refractivity contribution in [3.63, 3.8) is 0 Å². The molecule has 1 saturated heterocycles. The molecule has 1 aromatic heterocycles. The number of sulfonamides is 1. The second kappa shape index (κ2) is 9.38. The van der Waals surface area contributed by atoms with E-state index in [1.807, 2.05) is 24.3 Å². The first-order valence-electron chi connectivity index (χ1n) is 12.0. The van der Waals surface area contributed by atoms with Crippen LogP contribution in [0.5, 0.6) is 5.75 Å². The van der Waals surface area contributed by atoms with Crippen LogP contribution in [-0.2, 0) is 19.6 Å². The van der Waals surface area contributed by atoms with E-state index in [0.29, 0.717) is 28.5 Å². The average Bonchev–Trinajstić information content (AvgIpc) is 3.44. The third kappa shape index (κ3) is 4.46. The molecule has 0 aliphatic carbocycles. The summed E-state index contributed by atoms with van der Waals surface area (Å²) in [5.41, 5.74) is 1.42. The number of aromatic nitrogens is 1. The zero-order valence-corrected chi connectivity index (χ0v) is 22.2. The molecule has 0 saturated carbocycles. The van der Waals surface area contributed by atoms with Gasteiger partial charge >= 0.3 is 0 Å². The molecule has 2 amide bonds. The van der Waals surface area contributed by atoms with Gasteiger partial charge in [0.1, 0.15) is 17.3 Å². The first kappa shape index (κ1) is 25.6. The molecular formula is C28H27N3O6S. The maximum Gasteiger partial charge on any atom is 0.252 e. The van der Waals surface area contributed by atoms with Crippen molar-refractivity contribution in [3.05, 3.63) is 72.8 Å². The number of carbonyl (C=O) groups excluding carboxylic acids is 2. The summed E-state index contributed by atoms with van der Waals surface area (Å²) in [5, 5.41) is 0. The molecule has 1 atom stereocenters. The highest BCUT2D eigenvalue weighted by atomic mass is 32.2. The van der Waals surface area contributed by atoms with E-state index in [4.69, 9.17) is 9.15 Å². The third-order valence-electron chi connectivity index (χ3n) is 6.35. The second-order valence-electron chi connectivity index (χ2n) is 9.97. The quantitative estimate of drug-likeness (QED) is 0.333. The molecule has 38 heavy (non-hydrogen) atoms. The lowest BCUT2D eigenvalue weighted by Gasteiger charge is -2.37. The maximum atomic E-state index is 13.7. The number of nitrogens with zero attached hydrogens (tertiary/aromatic N) is 3. The molecule has 4 aromatic rings. The van der Waals surface area contributed by atoms with Crippen molar-refractivity contribution >= 4 is 38.6 Å². The van der Waals surface area contributed by atoms with Crippen molar-refractivity contribution in [2.24, 2.45) is 0 Å². The molecule has 0 bridgehead atoms. The van der Waals surface area contributed by atoms with Crippen LogP contribution in [-0.4, -0.2) is 48.2 Å². The summed E-state index contributed by atoms with van der Waals surface area (Å²) in [4.78, 5) is 32.2. The fourth-order valence-electron chi connectivity index (χ4n) is 4.68. The number of fused-ring (bicyclic) bond motifs is 1. The van der Waals surface area contributed by atoms with Gasteiger partial charge in [-0.25, -0.2) is 18.3 Å². The number of ether oxygens (including phenoxy) is 1. The van der Waals surface area contributed by atoms with E-state index in [1.54, 1.807) is 57.2 Å². The first-order chi connectivity index (χ1) is 18.0. The molecule has 196 valence electrons.